The Bertz CT molecular complexity index is 865. The number of nitrogens with zero attached hydrogens (tertiary/aromatic N) is 1. The normalized spacial score (nSPS) is 52.2. The lowest BCUT2D eigenvalue weighted by molar-refractivity contribution is -0.256. The molecule has 1 spiro atoms. The fraction of sp³-hybridized carbons (Fsp3) is 0.773. The second-order valence-electron chi connectivity index (χ2n) is 9.58. The van der Waals surface area contributed by atoms with E-state index in [2.05, 4.69) is 11.8 Å². The highest BCUT2D eigenvalue weighted by Gasteiger charge is 2.84. The molecular weight excluding hydrogens is 374 g/mol. The summed E-state index contributed by atoms with van der Waals surface area (Å²) in [7, 11) is 1.56. The van der Waals surface area contributed by atoms with Crippen LogP contribution in [-0.4, -0.2) is 59.2 Å². The van der Waals surface area contributed by atoms with Crippen LogP contribution in [0.15, 0.2) is 22.9 Å². The lowest BCUT2D eigenvalue weighted by atomic mass is 9.69. The standard InChI is InChI=1S/C22H29NO6/c1-5-12(24)9-21-14-6-7-23(21)13-8-15(21)28-22(14)16(13)10(2)18(29-22)19-17(26-4)11(3)20(25)27-19/h10,12-16,24H,5-9H2,1-4H3/b19-18-/t10-,12-,13?,14+,15-,16+,21-,22+/m0/s1. The molecule has 6 aliphatic heterocycles. The van der Waals surface area contributed by atoms with Gasteiger partial charge in [-0.3, -0.25) is 4.90 Å². The summed E-state index contributed by atoms with van der Waals surface area (Å²) in [6.07, 6.45) is 3.26. The molecule has 5 saturated heterocycles. The number of carbonyl (C=O) groups is 1. The molecule has 2 unspecified atom stereocenters. The number of methoxy groups -OCH3 is 1. The predicted molar refractivity (Wildman–Crippen MR) is 101 cm³/mol. The largest absolute Gasteiger partial charge is 0.492 e. The summed E-state index contributed by atoms with van der Waals surface area (Å²) in [6.45, 7) is 6.95. The molecule has 0 aromatic heterocycles. The van der Waals surface area contributed by atoms with Gasteiger partial charge in [-0.05, 0) is 39.2 Å². The van der Waals surface area contributed by atoms with Crippen LogP contribution in [0.3, 0.4) is 0 Å². The van der Waals surface area contributed by atoms with Gasteiger partial charge in [0.15, 0.2) is 5.76 Å². The van der Waals surface area contributed by atoms with Crippen molar-refractivity contribution >= 4 is 5.97 Å². The summed E-state index contributed by atoms with van der Waals surface area (Å²) >= 11 is 0. The number of aliphatic hydroxyl groups excluding tert-OH is 1. The van der Waals surface area contributed by atoms with E-state index in [-0.39, 0.29) is 41.5 Å². The van der Waals surface area contributed by atoms with Crippen molar-refractivity contribution in [3.05, 3.63) is 22.9 Å². The van der Waals surface area contributed by atoms with E-state index in [1.54, 1.807) is 14.0 Å². The highest BCUT2D eigenvalue weighted by Crippen LogP contribution is 2.73. The van der Waals surface area contributed by atoms with Crippen molar-refractivity contribution in [2.24, 2.45) is 17.8 Å². The molecule has 0 radical (unpaired) electrons. The van der Waals surface area contributed by atoms with E-state index in [9.17, 15) is 9.90 Å². The maximum atomic E-state index is 12.2. The number of aliphatic hydroxyl groups is 1. The van der Waals surface area contributed by atoms with Gasteiger partial charge in [0.1, 0.15) is 5.76 Å². The zero-order valence-electron chi connectivity index (χ0n) is 17.4. The number of fused-ring (bicyclic) bond motifs is 1. The molecule has 0 aliphatic carbocycles. The number of hydrogen-bond donors (Lipinski definition) is 1. The fourth-order valence-electron chi connectivity index (χ4n) is 7.61. The van der Waals surface area contributed by atoms with Crippen LogP contribution in [0.2, 0.25) is 0 Å². The van der Waals surface area contributed by atoms with E-state index in [0.29, 0.717) is 28.9 Å². The van der Waals surface area contributed by atoms with Gasteiger partial charge in [0.05, 0.1) is 36.3 Å². The number of hydrogen-bond acceptors (Lipinski definition) is 7. The molecular formula is C22H29NO6. The average molecular weight is 403 g/mol. The first-order valence-electron chi connectivity index (χ1n) is 10.9. The van der Waals surface area contributed by atoms with Gasteiger partial charge in [0.2, 0.25) is 11.5 Å². The number of allylic oxidation sites excluding steroid dienone is 1. The van der Waals surface area contributed by atoms with Gasteiger partial charge in [0, 0.05) is 17.9 Å². The molecule has 0 amide bonds. The molecule has 0 saturated carbocycles. The summed E-state index contributed by atoms with van der Waals surface area (Å²) < 4.78 is 24.5. The van der Waals surface area contributed by atoms with Crippen LogP contribution in [0, 0.1) is 17.8 Å². The zero-order chi connectivity index (χ0) is 20.3. The maximum absolute atomic E-state index is 12.2. The minimum absolute atomic E-state index is 0.0649. The van der Waals surface area contributed by atoms with E-state index < -0.39 is 5.79 Å². The molecule has 5 bridgehead atoms. The van der Waals surface area contributed by atoms with E-state index in [1.165, 1.54) is 0 Å². The van der Waals surface area contributed by atoms with Crippen molar-refractivity contribution in [1.29, 1.82) is 0 Å². The van der Waals surface area contributed by atoms with E-state index in [0.717, 1.165) is 32.2 Å². The molecule has 7 heteroatoms. The molecule has 5 fully saturated rings. The predicted octanol–water partition coefficient (Wildman–Crippen LogP) is 2.06. The number of ether oxygens (including phenoxy) is 4. The van der Waals surface area contributed by atoms with Crippen molar-refractivity contribution in [2.45, 2.75) is 76.0 Å². The Hall–Kier alpha value is -1.57. The molecule has 29 heavy (non-hydrogen) atoms. The van der Waals surface area contributed by atoms with Crippen molar-refractivity contribution in [2.75, 3.05) is 13.7 Å². The molecule has 6 rings (SSSR count). The summed E-state index contributed by atoms with van der Waals surface area (Å²) in [4.78, 5) is 14.8. The molecule has 6 heterocycles. The lowest BCUT2D eigenvalue weighted by Gasteiger charge is -2.48. The minimum atomic E-state index is -0.683. The van der Waals surface area contributed by atoms with Gasteiger partial charge >= 0.3 is 5.97 Å². The second kappa shape index (κ2) is 5.56. The van der Waals surface area contributed by atoms with E-state index in [1.807, 2.05) is 6.92 Å². The number of cyclic esters (lactones) is 1. The Kier molecular flexibility index (Phi) is 3.49. The van der Waals surface area contributed by atoms with Gasteiger partial charge in [0.25, 0.3) is 0 Å². The summed E-state index contributed by atoms with van der Waals surface area (Å²) in [5.74, 6) is 0.990. The number of piperidine rings is 1. The molecule has 1 N–H and O–H groups in total. The average Bonchev–Trinajstić information content (AvgIpc) is 3.40. The first-order chi connectivity index (χ1) is 13.9. The highest BCUT2D eigenvalue weighted by atomic mass is 16.7. The summed E-state index contributed by atoms with van der Waals surface area (Å²) in [6, 6.07) is 0.373. The van der Waals surface area contributed by atoms with Crippen LogP contribution in [0.5, 0.6) is 0 Å². The van der Waals surface area contributed by atoms with Crippen LogP contribution in [-0.2, 0) is 23.7 Å². The van der Waals surface area contributed by atoms with Gasteiger partial charge in [-0.25, -0.2) is 4.79 Å². The van der Waals surface area contributed by atoms with Gasteiger partial charge in [-0.15, -0.1) is 0 Å². The number of carbonyl (C=O) groups excluding carboxylic acids is 1. The van der Waals surface area contributed by atoms with Crippen molar-refractivity contribution in [1.82, 2.24) is 4.90 Å². The van der Waals surface area contributed by atoms with E-state index >= 15 is 0 Å². The second-order valence-corrected chi connectivity index (χ2v) is 9.58. The van der Waals surface area contributed by atoms with Crippen LogP contribution in [0.4, 0.5) is 0 Å². The molecule has 7 nitrogen and oxygen atoms in total. The first-order valence-corrected chi connectivity index (χ1v) is 10.9. The van der Waals surface area contributed by atoms with Crippen molar-refractivity contribution < 1.29 is 28.8 Å². The Morgan fingerprint density at radius 3 is 2.93 bits per heavy atom. The quantitative estimate of drug-likeness (QED) is 0.720. The highest BCUT2D eigenvalue weighted by molar-refractivity contribution is 5.93. The molecule has 0 aromatic carbocycles. The van der Waals surface area contributed by atoms with Gasteiger partial charge in [-0.2, -0.15) is 0 Å². The monoisotopic (exact) mass is 403 g/mol. The Labute approximate surface area is 170 Å². The fourth-order valence-corrected chi connectivity index (χ4v) is 7.61. The zero-order valence-corrected chi connectivity index (χ0v) is 17.4. The number of rotatable bonds is 4. The molecule has 6 aliphatic rings. The van der Waals surface area contributed by atoms with Gasteiger partial charge < -0.3 is 24.1 Å². The van der Waals surface area contributed by atoms with Crippen LogP contribution in [0.25, 0.3) is 0 Å². The van der Waals surface area contributed by atoms with E-state index in [4.69, 9.17) is 18.9 Å². The van der Waals surface area contributed by atoms with Gasteiger partial charge in [-0.1, -0.05) is 13.8 Å². The topological polar surface area (TPSA) is 77.5 Å². The minimum Gasteiger partial charge on any atom is -0.492 e. The molecule has 158 valence electrons. The number of esters is 1. The van der Waals surface area contributed by atoms with Crippen molar-refractivity contribution in [3.8, 4) is 0 Å². The smallest absolute Gasteiger partial charge is 0.343 e. The SMILES string of the molecule is CC[C@H](O)C[C@@]12[C@@H]3CC4[C@H]5[C@H](C)/C(=C6/OC(=O)C(C)=C6OC)O[C@]5(O3)[C@@H]1CCN42. The maximum Gasteiger partial charge on any atom is 0.343 e. The lowest BCUT2D eigenvalue weighted by Crippen LogP contribution is -2.61. The third-order valence-electron chi connectivity index (χ3n) is 8.63. The third kappa shape index (κ3) is 1.85. The van der Waals surface area contributed by atoms with Crippen LogP contribution < -0.4 is 0 Å². The Balaban J connectivity index is 1.46. The Morgan fingerprint density at radius 2 is 2.21 bits per heavy atom. The Morgan fingerprint density at radius 1 is 1.41 bits per heavy atom. The third-order valence-corrected chi connectivity index (χ3v) is 8.63. The molecule has 9 atom stereocenters. The van der Waals surface area contributed by atoms with Crippen LogP contribution in [0.1, 0.15) is 46.5 Å². The first kappa shape index (κ1) is 18.2. The van der Waals surface area contributed by atoms with Crippen LogP contribution >= 0.6 is 0 Å². The summed E-state index contributed by atoms with van der Waals surface area (Å²) in [5, 5.41) is 10.6. The summed E-state index contributed by atoms with van der Waals surface area (Å²) in [5.41, 5.74) is 0.346. The van der Waals surface area contributed by atoms with Crippen molar-refractivity contribution in [3.63, 3.8) is 0 Å². The molecule has 0 aromatic rings.